The number of benzene rings is 1. The number of oxime groups is 1. The normalized spacial score (nSPS) is 13.8. The minimum Gasteiger partial charge on any atom is -0.409 e. The zero-order chi connectivity index (χ0) is 12.1. The number of aliphatic hydroxyl groups is 1. The van der Waals surface area contributed by atoms with Crippen LogP contribution in [0.15, 0.2) is 28.3 Å². The Morgan fingerprint density at radius 1 is 1.56 bits per heavy atom. The van der Waals surface area contributed by atoms with Gasteiger partial charge in [0.2, 0.25) is 0 Å². The fourth-order valence-corrected chi connectivity index (χ4v) is 2.33. The van der Waals surface area contributed by atoms with Crippen LogP contribution in [-0.2, 0) is 0 Å². The molecule has 0 aliphatic rings. The average Bonchev–Trinajstić information content (AvgIpc) is 2.30. The highest BCUT2D eigenvalue weighted by atomic mass is 32.2. The van der Waals surface area contributed by atoms with E-state index in [9.17, 15) is 0 Å². The average molecular weight is 240 g/mol. The first kappa shape index (κ1) is 12.9. The zero-order valence-corrected chi connectivity index (χ0v) is 10.2. The second-order valence-electron chi connectivity index (χ2n) is 3.55. The Kier molecular flexibility index (Phi) is 4.64. The van der Waals surface area contributed by atoms with Crippen LogP contribution < -0.4 is 5.73 Å². The molecule has 16 heavy (non-hydrogen) atoms. The number of aryl methyl sites for hydroxylation is 1. The van der Waals surface area contributed by atoms with E-state index in [2.05, 4.69) is 5.16 Å². The summed E-state index contributed by atoms with van der Waals surface area (Å²) in [6, 6.07) is 5.62. The summed E-state index contributed by atoms with van der Waals surface area (Å²) in [5.41, 5.74) is 7.36. The maximum atomic E-state index is 9.04. The van der Waals surface area contributed by atoms with E-state index in [4.69, 9.17) is 16.0 Å². The quantitative estimate of drug-likeness (QED) is 0.245. The smallest absolute Gasteiger partial charge is 0.171 e. The lowest BCUT2D eigenvalue weighted by molar-refractivity contribution is 0.300. The fraction of sp³-hybridized carbons (Fsp3) is 0.364. The minimum absolute atomic E-state index is 0.0753. The van der Waals surface area contributed by atoms with Crippen LogP contribution >= 0.6 is 11.8 Å². The Hall–Kier alpha value is -1.20. The van der Waals surface area contributed by atoms with E-state index in [0.717, 1.165) is 10.5 Å². The van der Waals surface area contributed by atoms with Crippen LogP contribution in [0.4, 0.5) is 0 Å². The molecule has 0 aliphatic heterocycles. The monoisotopic (exact) mass is 240 g/mol. The molecule has 0 saturated carbocycles. The van der Waals surface area contributed by atoms with Gasteiger partial charge in [-0.25, -0.2) is 0 Å². The first-order valence-electron chi connectivity index (χ1n) is 4.95. The first-order chi connectivity index (χ1) is 7.60. The number of hydrogen-bond donors (Lipinski definition) is 3. The molecule has 1 unspecified atom stereocenters. The van der Waals surface area contributed by atoms with Crippen LogP contribution in [-0.4, -0.2) is 28.0 Å². The lowest BCUT2D eigenvalue weighted by Gasteiger charge is -2.14. The third-order valence-electron chi connectivity index (χ3n) is 2.17. The van der Waals surface area contributed by atoms with Crippen molar-refractivity contribution in [3.05, 3.63) is 29.3 Å². The van der Waals surface area contributed by atoms with E-state index in [0.29, 0.717) is 5.56 Å². The number of hydrogen-bond acceptors (Lipinski definition) is 4. The van der Waals surface area contributed by atoms with Gasteiger partial charge in [-0.3, -0.25) is 0 Å². The van der Waals surface area contributed by atoms with Gasteiger partial charge in [-0.2, -0.15) is 0 Å². The van der Waals surface area contributed by atoms with Crippen LogP contribution in [0.2, 0.25) is 0 Å². The SMILES string of the molecule is Cc1cccc(/C(N)=N/O)c1SC(C)CO. The highest BCUT2D eigenvalue weighted by Crippen LogP contribution is 2.29. The molecule has 0 radical (unpaired) electrons. The van der Waals surface area contributed by atoms with Crippen molar-refractivity contribution in [2.45, 2.75) is 24.0 Å². The molecule has 0 amide bonds. The standard InChI is InChI=1S/C11H16N2O2S/c1-7-4-3-5-9(11(12)13-15)10(7)16-8(2)6-14/h3-5,8,14-15H,6H2,1-2H3,(H2,12,13). The van der Waals surface area contributed by atoms with Gasteiger partial charge in [0.1, 0.15) is 0 Å². The molecule has 0 saturated heterocycles. The largest absolute Gasteiger partial charge is 0.409 e. The van der Waals surface area contributed by atoms with Crippen LogP contribution in [0.1, 0.15) is 18.1 Å². The van der Waals surface area contributed by atoms with Gasteiger partial charge in [-0.05, 0) is 12.5 Å². The van der Waals surface area contributed by atoms with E-state index >= 15 is 0 Å². The van der Waals surface area contributed by atoms with Crippen molar-refractivity contribution in [1.29, 1.82) is 0 Å². The van der Waals surface area contributed by atoms with Crippen molar-refractivity contribution in [3.63, 3.8) is 0 Å². The maximum Gasteiger partial charge on any atom is 0.171 e. The summed E-state index contributed by atoms with van der Waals surface area (Å²) in [5.74, 6) is 0.0938. The Morgan fingerprint density at radius 3 is 2.81 bits per heavy atom. The van der Waals surface area contributed by atoms with Crippen LogP contribution in [0.3, 0.4) is 0 Å². The van der Waals surface area contributed by atoms with Gasteiger partial charge in [0, 0.05) is 15.7 Å². The number of rotatable bonds is 4. The second kappa shape index (κ2) is 5.77. The van der Waals surface area contributed by atoms with Crippen LogP contribution in [0.25, 0.3) is 0 Å². The molecular formula is C11H16N2O2S. The molecule has 0 fully saturated rings. The Bertz CT molecular complexity index is 394. The summed E-state index contributed by atoms with van der Waals surface area (Å²) >= 11 is 1.52. The predicted molar refractivity (Wildman–Crippen MR) is 66.1 cm³/mol. The number of nitrogens with two attached hydrogens (primary N) is 1. The van der Waals surface area contributed by atoms with E-state index < -0.39 is 0 Å². The van der Waals surface area contributed by atoms with Gasteiger partial charge in [0.05, 0.1) is 6.61 Å². The molecular weight excluding hydrogens is 224 g/mol. The van der Waals surface area contributed by atoms with E-state index in [1.807, 2.05) is 26.0 Å². The van der Waals surface area contributed by atoms with Gasteiger partial charge in [-0.1, -0.05) is 30.3 Å². The number of aliphatic hydroxyl groups excluding tert-OH is 1. The molecule has 1 aromatic rings. The molecule has 1 rings (SSSR count). The van der Waals surface area contributed by atoms with Gasteiger partial charge in [0.25, 0.3) is 0 Å². The molecule has 0 aromatic heterocycles. The summed E-state index contributed by atoms with van der Waals surface area (Å²) in [5, 5.41) is 20.8. The highest BCUT2D eigenvalue weighted by molar-refractivity contribution is 8.00. The highest BCUT2D eigenvalue weighted by Gasteiger charge is 2.12. The summed E-state index contributed by atoms with van der Waals surface area (Å²) < 4.78 is 0. The summed E-state index contributed by atoms with van der Waals surface area (Å²) in [6.07, 6.45) is 0. The maximum absolute atomic E-state index is 9.04. The van der Waals surface area contributed by atoms with Gasteiger partial charge < -0.3 is 16.0 Å². The molecule has 1 aromatic carbocycles. The van der Waals surface area contributed by atoms with E-state index in [1.54, 1.807) is 6.07 Å². The Morgan fingerprint density at radius 2 is 2.25 bits per heavy atom. The Labute approximate surface area is 99.2 Å². The molecule has 0 heterocycles. The third kappa shape index (κ3) is 2.90. The predicted octanol–water partition coefficient (Wildman–Crippen LogP) is 1.56. The molecule has 0 aliphatic carbocycles. The molecule has 1 atom stereocenters. The zero-order valence-electron chi connectivity index (χ0n) is 9.34. The molecule has 0 spiro atoms. The first-order valence-corrected chi connectivity index (χ1v) is 5.83. The van der Waals surface area contributed by atoms with E-state index in [-0.39, 0.29) is 17.7 Å². The van der Waals surface area contributed by atoms with Crippen molar-refractivity contribution < 1.29 is 10.3 Å². The topological polar surface area (TPSA) is 78.8 Å². The van der Waals surface area contributed by atoms with Crippen LogP contribution in [0.5, 0.6) is 0 Å². The molecule has 4 nitrogen and oxygen atoms in total. The lowest BCUT2D eigenvalue weighted by Crippen LogP contribution is -2.15. The number of amidine groups is 1. The van der Waals surface area contributed by atoms with Crippen molar-refractivity contribution in [2.75, 3.05) is 6.61 Å². The molecule has 5 heteroatoms. The van der Waals surface area contributed by atoms with Gasteiger partial charge >= 0.3 is 0 Å². The van der Waals surface area contributed by atoms with Crippen molar-refractivity contribution >= 4 is 17.6 Å². The summed E-state index contributed by atoms with van der Waals surface area (Å²) in [7, 11) is 0. The molecule has 4 N–H and O–H groups in total. The third-order valence-corrected chi connectivity index (χ3v) is 3.50. The van der Waals surface area contributed by atoms with Gasteiger partial charge in [-0.15, -0.1) is 11.8 Å². The summed E-state index contributed by atoms with van der Waals surface area (Å²) in [6.45, 7) is 3.97. The van der Waals surface area contributed by atoms with Gasteiger partial charge in [0.15, 0.2) is 5.84 Å². The second-order valence-corrected chi connectivity index (χ2v) is 5.00. The minimum atomic E-state index is 0.0753. The van der Waals surface area contributed by atoms with Crippen LogP contribution in [0, 0.1) is 6.92 Å². The summed E-state index contributed by atoms with van der Waals surface area (Å²) in [4.78, 5) is 0.944. The van der Waals surface area contributed by atoms with Crippen molar-refractivity contribution in [3.8, 4) is 0 Å². The number of nitrogens with zero attached hydrogens (tertiary/aromatic N) is 1. The van der Waals surface area contributed by atoms with Crippen molar-refractivity contribution in [1.82, 2.24) is 0 Å². The molecule has 88 valence electrons. The Balaban J connectivity index is 3.13. The molecule has 0 bridgehead atoms. The lowest BCUT2D eigenvalue weighted by atomic mass is 10.1. The fourth-order valence-electron chi connectivity index (χ4n) is 1.30. The van der Waals surface area contributed by atoms with Crippen molar-refractivity contribution in [2.24, 2.45) is 10.9 Å². The number of thioether (sulfide) groups is 1. The van der Waals surface area contributed by atoms with E-state index in [1.165, 1.54) is 11.8 Å².